The number of benzene rings is 3. The highest BCUT2D eigenvalue weighted by Crippen LogP contribution is 2.31. The number of amides is 1. The van der Waals surface area contributed by atoms with E-state index in [0.717, 1.165) is 28.5 Å². The minimum atomic E-state index is -4.49. The number of halogens is 3. The van der Waals surface area contributed by atoms with Crippen LogP contribution in [0.2, 0.25) is 0 Å². The van der Waals surface area contributed by atoms with Crippen LogP contribution >= 0.6 is 0 Å². The van der Waals surface area contributed by atoms with Gasteiger partial charge in [0, 0.05) is 6.54 Å². The molecule has 0 aromatic heterocycles. The van der Waals surface area contributed by atoms with Crippen molar-refractivity contribution in [2.45, 2.75) is 25.1 Å². The standard InChI is InChI=1S/C22H21F3N2O2/c1-21(29,17-9-5-10-18(13-17)22(23,24)25)14-26-27-20(28)12-16-8-4-7-15-6-2-3-11-19(15)16/h2-11,13,26,29H,12,14H2,1H3,(H,27,28). The fourth-order valence-corrected chi connectivity index (χ4v) is 3.11. The van der Waals surface area contributed by atoms with E-state index in [9.17, 15) is 23.1 Å². The summed E-state index contributed by atoms with van der Waals surface area (Å²) in [5, 5.41) is 12.5. The molecule has 3 aromatic carbocycles. The first-order valence-corrected chi connectivity index (χ1v) is 9.05. The fourth-order valence-electron chi connectivity index (χ4n) is 3.11. The minimum Gasteiger partial charge on any atom is -0.384 e. The Morgan fingerprint density at radius 3 is 2.38 bits per heavy atom. The molecule has 3 rings (SSSR count). The van der Waals surface area contributed by atoms with Gasteiger partial charge in [-0.05, 0) is 41.0 Å². The molecule has 1 unspecified atom stereocenters. The second-order valence-corrected chi connectivity index (χ2v) is 7.07. The molecule has 0 aliphatic rings. The summed E-state index contributed by atoms with van der Waals surface area (Å²) < 4.78 is 38.6. The van der Waals surface area contributed by atoms with Crippen LogP contribution in [0.5, 0.6) is 0 Å². The van der Waals surface area contributed by atoms with E-state index in [0.29, 0.717) is 0 Å². The van der Waals surface area contributed by atoms with Gasteiger partial charge in [-0.25, -0.2) is 5.43 Å². The Bertz CT molecular complexity index is 1010. The summed E-state index contributed by atoms with van der Waals surface area (Å²) in [5.41, 5.74) is 3.63. The maximum absolute atomic E-state index is 12.9. The molecule has 0 saturated carbocycles. The van der Waals surface area contributed by atoms with Crippen molar-refractivity contribution in [3.05, 3.63) is 83.4 Å². The number of fused-ring (bicyclic) bond motifs is 1. The van der Waals surface area contributed by atoms with Gasteiger partial charge in [0.25, 0.3) is 0 Å². The Kier molecular flexibility index (Phi) is 5.91. The van der Waals surface area contributed by atoms with E-state index in [1.807, 2.05) is 42.5 Å². The first-order valence-electron chi connectivity index (χ1n) is 9.05. The number of hydrogen-bond acceptors (Lipinski definition) is 3. The summed E-state index contributed by atoms with van der Waals surface area (Å²) in [4.78, 5) is 12.3. The van der Waals surface area contributed by atoms with Gasteiger partial charge in [0.2, 0.25) is 5.91 Å². The Morgan fingerprint density at radius 2 is 1.62 bits per heavy atom. The smallest absolute Gasteiger partial charge is 0.384 e. The van der Waals surface area contributed by atoms with E-state index in [1.54, 1.807) is 0 Å². The molecule has 0 heterocycles. The molecule has 0 bridgehead atoms. The molecular formula is C22H21F3N2O2. The van der Waals surface area contributed by atoms with Crippen LogP contribution in [-0.4, -0.2) is 17.6 Å². The molecule has 0 aliphatic carbocycles. The third-order valence-corrected chi connectivity index (χ3v) is 4.70. The van der Waals surface area contributed by atoms with Gasteiger partial charge in [-0.15, -0.1) is 0 Å². The number of hydrogen-bond donors (Lipinski definition) is 3. The van der Waals surface area contributed by atoms with E-state index in [-0.39, 0.29) is 24.4 Å². The number of hydrazine groups is 1. The molecule has 152 valence electrons. The van der Waals surface area contributed by atoms with E-state index >= 15 is 0 Å². The summed E-state index contributed by atoms with van der Waals surface area (Å²) in [7, 11) is 0. The van der Waals surface area contributed by atoms with Gasteiger partial charge in [0.15, 0.2) is 0 Å². The quantitative estimate of drug-likeness (QED) is 0.548. The van der Waals surface area contributed by atoms with Crippen molar-refractivity contribution in [2.75, 3.05) is 6.54 Å². The van der Waals surface area contributed by atoms with Crippen LogP contribution in [0, 0.1) is 0 Å². The molecule has 0 fully saturated rings. The number of carbonyl (C=O) groups is 1. The number of alkyl halides is 3. The zero-order valence-corrected chi connectivity index (χ0v) is 15.8. The maximum atomic E-state index is 12.9. The topological polar surface area (TPSA) is 61.4 Å². The second-order valence-electron chi connectivity index (χ2n) is 7.07. The van der Waals surface area contributed by atoms with Crippen LogP contribution in [0.3, 0.4) is 0 Å². The van der Waals surface area contributed by atoms with Crippen molar-refractivity contribution in [3.8, 4) is 0 Å². The van der Waals surface area contributed by atoms with Gasteiger partial charge < -0.3 is 5.11 Å². The molecule has 4 nitrogen and oxygen atoms in total. The highest BCUT2D eigenvalue weighted by molar-refractivity contribution is 5.90. The van der Waals surface area contributed by atoms with Crippen LogP contribution in [0.25, 0.3) is 10.8 Å². The molecule has 0 spiro atoms. The van der Waals surface area contributed by atoms with Gasteiger partial charge in [-0.3, -0.25) is 10.2 Å². The molecule has 1 atom stereocenters. The summed E-state index contributed by atoms with van der Waals surface area (Å²) in [6, 6.07) is 17.9. The van der Waals surface area contributed by atoms with Crippen molar-refractivity contribution in [1.29, 1.82) is 0 Å². The third kappa shape index (κ3) is 5.13. The summed E-state index contributed by atoms with van der Waals surface area (Å²) in [6.45, 7) is 1.22. The Morgan fingerprint density at radius 1 is 0.966 bits per heavy atom. The van der Waals surface area contributed by atoms with Crippen LogP contribution < -0.4 is 10.9 Å². The minimum absolute atomic E-state index is 0.100. The normalized spacial score (nSPS) is 13.8. The Hall–Kier alpha value is -2.90. The summed E-state index contributed by atoms with van der Waals surface area (Å²) in [6.07, 6.45) is -4.37. The lowest BCUT2D eigenvalue weighted by atomic mass is 9.94. The van der Waals surface area contributed by atoms with E-state index in [2.05, 4.69) is 10.9 Å². The maximum Gasteiger partial charge on any atom is 0.416 e. The van der Waals surface area contributed by atoms with Crippen LogP contribution in [-0.2, 0) is 23.0 Å². The van der Waals surface area contributed by atoms with Gasteiger partial charge in [-0.2, -0.15) is 13.2 Å². The first-order chi connectivity index (χ1) is 13.7. The highest BCUT2D eigenvalue weighted by Gasteiger charge is 2.32. The zero-order valence-electron chi connectivity index (χ0n) is 15.8. The lowest BCUT2D eigenvalue weighted by Gasteiger charge is -2.25. The van der Waals surface area contributed by atoms with Crippen molar-refractivity contribution in [1.82, 2.24) is 10.9 Å². The van der Waals surface area contributed by atoms with E-state index in [1.165, 1.54) is 19.1 Å². The third-order valence-electron chi connectivity index (χ3n) is 4.70. The zero-order chi connectivity index (χ0) is 21.1. The molecule has 29 heavy (non-hydrogen) atoms. The lowest BCUT2D eigenvalue weighted by molar-refractivity contribution is -0.137. The average Bonchev–Trinajstić information content (AvgIpc) is 2.67. The van der Waals surface area contributed by atoms with Crippen molar-refractivity contribution >= 4 is 16.7 Å². The highest BCUT2D eigenvalue weighted by atomic mass is 19.4. The summed E-state index contributed by atoms with van der Waals surface area (Å²) in [5.74, 6) is -0.318. The van der Waals surface area contributed by atoms with Crippen molar-refractivity contribution in [2.24, 2.45) is 0 Å². The summed E-state index contributed by atoms with van der Waals surface area (Å²) >= 11 is 0. The van der Waals surface area contributed by atoms with Crippen molar-refractivity contribution < 1.29 is 23.1 Å². The van der Waals surface area contributed by atoms with E-state index in [4.69, 9.17) is 0 Å². The van der Waals surface area contributed by atoms with Crippen molar-refractivity contribution in [3.63, 3.8) is 0 Å². The molecule has 3 aromatic rings. The molecule has 0 aliphatic heterocycles. The predicted molar refractivity (Wildman–Crippen MR) is 105 cm³/mol. The van der Waals surface area contributed by atoms with E-state index < -0.39 is 17.3 Å². The number of nitrogens with one attached hydrogen (secondary N) is 2. The lowest BCUT2D eigenvalue weighted by Crippen LogP contribution is -2.45. The Balaban J connectivity index is 1.61. The van der Waals surface area contributed by atoms with Crippen LogP contribution in [0.15, 0.2) is 66.7 Å². The second kappa shape index (κ2) is 8.23. The molecular weight excluding hydrogens is 381 g/mol. The molecule has 0 saturated heterocycles. The van der Waals surface area contributed by atoms with Crippen LogP contribution in [0.1, 0.15) is 23.6 Å². The molecule has 3 N–H and O–H groups in total. The van der Waals surface area contributed by atoms with Gasteiger partial charge in [0.1, 0.15) is 5.60 Å². The monoisotopic (exact) mass is 402 g/mol. The largest absolute Gasteiger partial charge is 0.416 e. The number of aliphatic hydroxyl groups is 1. The number of carbonyl (C=O) groups excluding carboxylic acids is 1. The van der Waals surface area contributed by atoms with Gasteiger partial charge in [0.05, 0.1) is 12.0 Å². The Labute approximate surface area is 166 Å². The molecule has 7 heteroatoms. The fraction of sp³-hybridized carbons (Fsp3) is 0.227. The first kappa shape index (κ1) is 20.8. The van der Waals surface area contributed by atoms with Gasteiger partial charge >= 0.3 is 6.18 Å². The van der Waals surface area contributed by atoms with Crippen LogP contribution in [0.4, 0.5) is 13.2 Å². The molecule has 1 amide bonds. The molecule has 0 radical (unpaired) electrons. The van der Waals surface area contributed by atoms with Gasteiger partial charge in [-0.1, -0.05) is 54.6 Å². The predicted octanol–water partition coefficient (Wildman–Crippen LogP) is 3.93. The number of rotatable bonds is 6. The average molecular weight is 402 g/mol. The SMILES string of the molecule is CC(O)(CNNC(=O)Cc1cccc2ccccc12)c1cccc(C(F)(F)F)c1.